The van der Waals surface area contributed by atoms with Crippen molar-refractivity contribution in [2.45, 2.75) is 19.3 Å². The zero-order valence-electron chi connectivity index (χ0n) is 8.51. The van der Waals surface area contributed by atoms with Crippen LogP contribution >= 0.6 is 11.3 Å². The molecular formula is C10H14N2O2S. The highest BCUT2D eigenvalue weighted by Gasteiger charge is 2.40. The molecule has 2 rings (SSSR count). The molecule has 0 aliphatic heterocycles. The number of primary amides is 1. The Bertz CT molecular complexity index is 377. The van der Waals surface area contributed by atoms with Gasteiger partial charge in [0.25, 0.3) is 0 Å². The molecular weight excluding hydrogens is 212 g/mol. The number of hydroxylamine groups is 2. The molecule has 0 aromatic carbocycles. The fraction of sp³-hybridized carbons (Fsp3) is 0.500. The zero-order chi connectivity index (χ0) is 11.0. The Kier molecular flexibility index (Phi) is 2.67. The summed E-state index contributed by atoms with van der Waals surface area (Å²) in [5.74, 6) is 0.859. The summed E-state index contributed by atoms with van der Waals surface area (Å²) < 4.78 is 0. The van der Waals surface area contributed by atoms with Gasteiger partial charge in [-0.2, -0.15) is 0 Å². The molecule has 0 radical (unpaired) electrons. The fourth-order valence-electron chi connectivity index (χ4n) is 1.76. The second-order valence-electron chi connectivity index (χ2n) is 3.97. The number of nitrogens with two attached hydrogens (primary N) is 1. The van der Waals surface area contributed by atoms with Crippen LogP contribution in [0, 0.1) is 12.8 Å². The van der Waals surface area contributed by atoms with Crippen molar-refractivity contribution in [3.63, 3.8) is 0 Å². The standard InChI is InChI=1S/C10H14N2O2S/c1-6-2-3-9(15-6)8-4-7(8)5-12(14)10(11)13/h2-3,7-8,14H,4-5H2,1H3,(H2,11,13)/t7-,8+/m0/s1. The molecule has 1 aromatic rings. The van der Waals surface area contributed by atoms with E-state index in [0.717, 1.165) is 6.42 Å². The summed E-state index contributed by atoms with van der Waals surface area (Å²) in [6, 6.07) is 3.44. The maximum atomic E-state index is 10.6. The van der Waals surface area contributed by atoms with E-state index in [1.54, 1.807) is 11.3 Å². The van der Waals surface area contributed by atoms with Gasteiger partial charge in [-0.25, -0.2) is 9.86 Å². The summed E-state index contributed by atoms with van der Waals surface area (Å²) in [6.07, 6.45) is 1.03. The van der Waals surface area contributed by atoms with Crippen LogP contribution in [0.5, 0.6) is 0 Å². The molecule has 0 spiro atoms. The minimum absolute atomic E-state index is 0.344. The van der Waals surface area contributed by atoms with Crippen molar-refractivity contribution in [3.05, 3.63) is 21.9 Å². The van der Waals surface area contributed by atoms with Gasteiger partial charge in [-0.1, -0.05) is 0 Å². The maximum absolute atomic E-state index is 10.6. The van der Waals surface area contributed by atoms with Gasteiger partial charge in [0.2, 0.25) is 0 Å². The minimum Gasteiger partial charge on any atom is -0.350 e. The van der Waals surface area contributed by atoms with Gasteiger partial charge in [0.1, 0.15) is 0 Å². The average Bonchev–Trinajstić information content (AvgIpc) is 2.79. The fourth-order valence-corrected chi connectivity index (χ4v) is 2.85. The number of amides is 2. The first-order chi connectivity index (χ1) is 7.08. The van der Waals surface area contributed by atoms with Crippen LogP contribution in [0.1, 0.15) is 22.1 Å². The van der Waals surface area contributed by atoms with Crippen molar-refractivity contribution in [3.8, 4) is 0 Å². The summed E-state index contributed by atoms with van der Waals surface area (Å²) >= 11 is 1.78. The molecule has 2 amide bonds. The van der Waals surface area contributed by atoms with Crippen molar-refractivity contribution >= 4 is 17.4 Å². The van der Waals surface area contributed by atoms with E-state index in [9.17, 15) is 4.79 Å². The predicted octanol–water partition coefficient (Wildman–Crippen LogP) is 1.93. The van der Waals surface area contributed by atoms with Crippen molar-refractivity contribution in [2.75, 3.05) is 6.54 Å². The number of hydrogen-bond acceptors (Lipinski definition) is 3. The second kappa shape index (κ2) is 3.83. The highest BCUT2D eigenvalue weighted by Crippen LogP contribution is 2.49. The highest BCUT2D eigenvalue weighted by molar-refractivity contribution is 7.12. The van der Waals surface area contributed by atoms with Crippen molar-refractivity contribution in [1.29, 1.82) is 0 Å². The summed E-state index contributed by atoms with van der Waals surface area (Å²) in [4.78, 5) is 13.3. The lowest BCUT2D eigenvalue weighted by Crippen LogP contribution is -2.34. The van der Waals surface area contributed by atoms with Gasteiger partial charge >= 0.3 is 6.03 Å². The SMILES string of the molecule is Cc1ccc([C@@H]2C[C@H]2CN(O)C(N)=O)s1. The second-order valence-corrected chi connectivity index (χ2v) is 5.29. The number of nitrogens with zero attached hydrogens (tertiary/aromatic N) is 1. The Balaban J connectivity index is 1.89. The molecule has 3 N–H and O–H groups in total. The molecule has 1 heterocycles. The first-order valence-electron chi connectivity index (χ1n) is 4.90. The lowest BCUT2D eigenvalue weighted by molar-refractivity contribution is -0.0431. The molecule has 1 aliphatic rings. The lowest BCUT2D eigenvalue weighted by atomic mass is 10.2. The topological polar surface area (TPSA) is 66.6 Å². The number of carbonyl (C=O) groups is 1. The maximum Gasteiger partial charge on any atom is 0.338 e. The first kappa shape index (κ1) is 10.4. The van der Waals surface area contributed by atoms with Gasteiger partial charge in [-0.3, -0.25) is 5.21 Å². The molecule has 82 valence electrons. The van der Waals surface area contributed by atoms with Gasteiger partial charge < -0.3 is 5.73 Å². The summed E-state index contributed by atoms with van der Waals surface area (Å²) in [5, 5.41) is 9.77. The quantitative estimate of drug-likeness (QED) is 0.611. The van der Waals surface area contributed by atoms with E-state index in [-0.39, 0.29) is 0 Å². The van der Waals surface area contributed by atoms with Crippen LogP contribution in [0.4, 0.5) is 4.79 Å². The molecule has 1 aliphatic carbocycles. The van der Waals surface area contributed by atoms with Gasteiger partial charge in [0, 0.05) is 9.75 Å². The van der Waals surface area contributed by atoms with E-state index in [2.05, 4.69) is 19.1 Å². The molecule has 5 heteroatoms. The Morgan fingerprint density at radius 2 is 2.47 bits per heavy atom. The number of thiophene rings is 1. The molecule has 1 aromatic heterocycles. The van der Waals surface area contributed by atoms with E-state index in [1.165, 1.54) is 9.75 Å². The van der Waals surface area contributed by atoms with Gasteiger partial charge in [0.05, 0.1) is 6.54 Å². The Hall–Kier alpha value is -1.07. The molecule has 4 nitrogen and oxygen atoms in total. The largest absolute Gasteiger partial charge is 0.350 e. The van der Waals surface area contributed by atoms with Gasteiger partial charge in [-0.15, -0.1) is 11.3 Å². The van der Waals surface area contributed by atoms with Crippen LogP contribution in [0.15, 0.2) is 12.1 Å². The van der Waals surface area contributed by atoms with E-state index in [1.807, 2.05) is 0 Å². The van der Waals surface area contributed by atoms with Crippen LogP contribution in [-0.4, -0.2) is 22.8 Å². The highest BCUT2D eigenvalue weighted by atomic mass is 32.1. The van der Waals surface area contributed by atoms with Crippen LogP contribution in [-0.2, 0) is 0 Å². The number of rotatable bonds is 3. The summed E-state index contributed by atoms with van der Waals surface area (Å²) in [5.41, 5.74) is 4.94. The molecule has 0 saturated heterocycles. The molecule has 15 heavy (non-hydrogen) atoms. The minimum atomic E-state index is -0.775. The molecule has 0 bridgehead atoms. The van der Waals surface area contributed by atoms with Crippen LogP contribution in [0.2, 0.25) is 0 Å². The van der Waals surface area contributed by atoms with E-state index in [0.29, 0.717) is 23.4 Å². The van der Waals surface area contributed by atoms with Crippen molar-refractivity contribution in [1.82, 2.24) is 5.06 Å². The number of urea groups is 1. The van der Waals surface area contributed by atoms with E-state index < -0.39 is 6.03 Å². The lowest BCUT2D eigenvalue weighted by Gasteiger charge is -2.10. The number of hydrogen-bond donors (Lipinski definition) is 2. The predicted molar refractivity (Wildman–Crippen MR) is 58.0 cm³/mol. The number of carbonyl (C=O) groups excluding carboxylic acids is 1. The third kappa shape index (κ3) is 2.30. The Morgan fingerprint density at radius 1 is 1.73 bits per heavy atom. The monoisotopic (exact) mass is 226 g/mol. The third-order valence-electron chi connectivity index (χ3n) is 2.71. The van der Waals surface area contributed by atoms with E-state index in [4.69, 9.17) is 10.9 Å². The van der Waals surface area contributed by atoms with E-state index >= 15 is 0 Å². The Labute approximate surface area is 92.3 Å². The summed E-state index contributed by atoms with van der Waals surface area (Å²) in [7, 11) is 0. The third-order valence-corrected chi connectivity index (χ3v) is 3.84. The Morgan fingerprint density at radius 3 is 3.00 bits per heavy atom. The average molecular weight is 226 g/mol. The van der Waals surface area contributed by atoms with Crippen molar-refractivity contribution < 1.29 is 10.0 Å². The normalized spacial score (nSPS) is 23.9. The van der Waals surface area contributed by atoms with Crippen LogP contribution in [0.3, 0.4) is 0 Å². The van der Waals surface area contributed by atoms with Gasteiger partial charge in [0.15, 0.2) is 0 Å². The number of aryl methyl sites for hydroxylation is 1. The first-order valence-corrected chi connectivity index (χ1v) is 5.71. The summed E-state index contributed by atoms with van der Waals surface area (Å²) in [6.45, 7) is 2.42. The van der Waals surface area contributed by atoms with Crippen LogP contribution < -0.4 is 5.73 Å². The van der Waals surface area contributed by atoms with Gasteiger partial charge in [-0.05, 0) is 37.3 Å². The molecule has 2 atom stereocenters. The molecule has 1 saturated carbocycles. The smallest absolute Gasteiger partial charge is 0.338 e. The molecule has 1 fully saturated rings. The zero-order valence-corrected chi connectivity index (χ0v) is 9.33. The molecule has 0 unspecified atom stereocenters. The van der Waals surface area contributed by atoms with Crippen LogP contribution in [0.25, 0.3) is 0 Å². The van der Waals surface area contributed by atoms with Crippen molar-refractivity contribution in [2.24, 2.45) is 11.7 Å².